The molecule has 0 bridgehead atoms. The van der Waals surface area contributed by atoms with Crippen molar-refractivity contribution in [3.8, 4) is 0 Å². The van der Waals surface area contributed by atoms with E-state index in [-0.39, 0.29) is 25.6 Å². The standard InChI is InChI=1S/C22H41NO6.C16H30O.C10H22.2C9H20O.C6H12O.2C3H6O.C3H8.2C2H6/c1-4-6-8-10-12-14-16-29-22(26)19-23(17-20(24)27-3)18-21(25)28-15-13-11-9-7-5-2;1-6-9-10-11-12-16(14(4)7-2)13-17-15(5)8-3;1-4-6-7-8-9-10(3)5-2;2*1-3-4-5-6-7-8-9-10-2;1-4-5(2)6(3)7;2*1-2-3-4;1-3-2;2*1-2/h4-19H2,1-3H3;10-11,14,16H,5-9,12-13H2,1-4H3;10H,4-9H2,1-3H3;2*3-9H2,1-2H3;5H,4H2,1-3H3;2*3H,2H2,1H3;3H2,1-2H3;2*1-2H3/b;11-10-;;;;;;;;;. The molecule has 0 spiro atoms. The van der Waals surface area contributed by atoms with Gasteiger partial charge in [0.05, 0.1) is 52.3 Å². The molecule has 0 aromatic rings. The fourth-order valence-electron chi connectivity index (χ4n) is 7.98. The lowest BCUT2D eigenvalue weighted by Crippen LogP contribution is -2.40. The number of hydrogen-bond donors (Lipinski definition) is 0. The van der Waals surface area contributed by atoms with Crippen LogP contribution < -0.4 is 0 Å². The van der Waals surface area contributed by atoms with E-state index in [1.165, 1.54) is 179 Å². The Morgan fingerprint density at radius 3 is 1.04 bits per heavy atom. The molecule has 0 saturated heterocycles. The van der Waals surface area contributed by atoms with Crippen LogP contribution in [0, 0.1) is 23.7 Å². The summed E-state index contributed by atoms with van der Waals surface area (Å²) in [5.74, 6) is 2.35. The van der Waals surface area contributed by atoms with Crippen LogP contribution in [0.25, 0.3) is 0 Å². The van der Waals surface area contributed by atoms with Crippen molar-refractivity contribution in [2.75, 3.05) is 74.0 Å². The van der Waals surface area contributed by atoms with Crippen LogP contribution in [-0.4, -0.2) is 115 Å². The molecule has 0 aliphatic rings. The average molecular weight is 1410 g/mol. The Labute approximate surface area is 613 Å². The molecule has 0 N–H and O–H groups in total. The van der Waals surface area contributed by atoms with E-state index in [1.807, 2.05) is 55.4 Å². The third-order valence-electron chi connectivity index (χ3n) is 15.3. The molecular weight excluding hydrogens is 1230 g/mol. The number of unbranched alkanes of at least 4 members (excludes halogenated alkanes) is 23. The fourth-order valence-corrected chi connectivity index (χ4v) is 7.98. The van der Waals surface area contributed by atoms with Gasteiger partial charge in [-0.1, -0.05) is 344 Å². The molecule has 0 saturated carbocycles. The number of ether oxygens (including phenoxy) is 6. The van der Waals surface area contributed by atoms with Crippen molar-refractivity contribution in [2.45, 2.75) is 396 Å². The number of rotatable bonds is 53. The monoisotopic (exact) mass is 1400 g/mol. The van der Waals surface area contributed by atoms with Gasteiger partial charge < -0.3 is 38.0 Å². The Bertz CT molecular complexity index is 1450. The molecule has 4 unspecified atom stereocenters. The van der Waals surface area contributed by atoms with Crippen LogP contribution in [0.15, 0.2) is 24.5 Å². The van der Waals surface area contributed by atoms with Crippen LogP contribution in [0.5, 0.6) is 0 Å². The van der Waals surface area contributed by atoms with E-state index >= 15 is 0 Å². The average Bonchev–Trinajstić information content (AvgIpc) is 1.21. The summed E-state index contributed by atoms with van der Waals surface area (Å²) < 4.78 is 30.7. The van der Waals surface area contributed by atoms with Crippen LogP contribution >= 0.6 is 0 Å². The van der Waals surface area contributed by atoms with E-state index in [1.54, 1.807) is 21.1 Å². The fraction of sp³-hybridized carbons (Fsp3) is 0.882. The summed E-state index contributed by atoms with van der Waals surface area (Å²) in [6.07, 6.45) is 52.2. The van der Waals surface area contributed by atoms with Crippen LogP contribution in [0.2, 0.25) is 0 Å². The molecule has 594 valence electrons. The van der Waals surface area contributed by atoms with E-state index in [0.29, 0.717) is 43.7 Å². The topological polar surface area (TPSA) is 161 Å². The molecule has 0 rings (SSSR count). The van der Waals surface area contributed by atoms with Crippen molar-refractivity contribution in [3.05, 3.63) is 24.5 Å². The van der Waals surface area contributed by atoms with Gasteiger partial charge in [-0.05, 0) is 69.6 Å². The van der Waals surface area contributed by atoms with Crippen molar-refractivity contribution in [2.24, 2.45) is 23.7 Å². The summed E-state index contributed by atoms with van der Waals surface area (Å²) in [7, 11) is 4.81. The minimum atomic E-state index is -0.513. The van der Waals surface area contributed by atoms with Gasteiger partial charge in [0.2, 0.25) is 0 Å². The predicted molar refractivity (Wildman–Crippen MR) is 430 cm³/mol. The molecule has 0 radical (unpaired) electrons. The number of aldehydes is 2. The second kappa shape index (κ2) is 118. The first-order chi connectivity index (χ1) is 47.2. The van der Waals surface area contributed by atoms with Gasteiger partial charge in [-0.25, -0.2) is 0 Å². The maximum Gasteiger partial charge on any atom is 0.320 e. The highest BCUT2D eigenvalue weighted by Crippen LogP contribution is 2.22. The molecule has 0 fully saturated rings. The minimum absolute atomic E-state index is 0.142. The summed E-state index contributed by atoms with van der Waals surface area (Å²) in [6, 6.07) is 0. The quantitative estimate of drug-likeness (QED) is 0.0141. The Morgan fingerprint density at radius 2 is 0.765 bits per heavy atom. The Kier molecular flexibility index (Phi) is 142. The van der Waals surface area contributed by atoms with Gasteiger partial charge in [0.1, 0.15) is 18.4 Å². The van der Waals surface area contributed by atoms with Crippen molar-refractivity contribution in [1.29, 1.82) is 0 Å². The summed E-state index contributed by atoms with van der Waals surface area (Å²) >= 11 is 0. The van der Waals surface area contributed by atoms with Crippen LogP contribution in [-0.2, 0) is 57.2 Å². The molecule has 0 aliphatic heterocycles. The molecule has 0 aromatic carbocycles. The third-order valence-corrected chi connectivity index (χ3v) is 15.3. The van der Waals surface area contributed by atoms with Gasteiger partial charge in [-0.3, -0.25) is 24.1 Å². The number of methoxy groups -OCH3 is 3. The number of nitrogens with zero attached hydrogens (tertiary/aromatic N) is 1. The van der Waals surface area contributed by atoms with E-state index < -0.39 is 17.9 Å². The first-order valence-corrected chi connectivity index (χ1v) is 40.7. The van der Waals surface area contributed by atoms with Crippen molar-refractivity contribution < 1.29 is 57.2 Å². The van der Waals surface area contributed by atoms with Gasteiger partial charge in [0, 0.05) is 52.6 Å². The van der Waals surface area contributed by atoms with E-state index in [9.17, 15) is 28.8 Å². The maximum atomic E-state index is 12.0. The van der Waals surface area contributed by atoms with Crippen molar-refractivity contribution in [1.82, 2.24) is 4.90 Å². The van der Waals surface area contributed by atoms with E-state index in [2.05, 4.69) is 113 Å². The third kappa shape index (κ3) is 132. The first kappa shape index (κ1) is 119. The summed E-state index contributed by atoms with van der Waals surface area (Å²) in [6.45, 7) is 52.9. The van der Waals surface area contributed by atoms with E-state index in [0.717, 1.165) is 108 Å². The molecule has 0 heterocycles. The Hall–Kier alpha value is -3.42. The molecule has 13 heteroatoms. The van der Waals surface area contributed by atoms with Crippen LogP contribution in [0.3, 0.4) is 0 Å². The van der Waals surface area contributed by atoms with Gasteiger partial charge in [-0.2, -0.15) is 0 Å². The Morgan fingerprint density at radius 1 is 0.429 bits per heavy atom. The number of esters is 3. The number of carbonyl (C=O) groups is 6. The SMILES string of the molecule is C=C(CC)OCC(C/C=C\CCC)C(C)CC.CC.CC.CCC.CCC(C)C(C)=O.CCC=O.CCC=O.CCCCCCC(C)CC.CCCCCCCCOC.CCCCCCCCOC.CCCCCCCCOC(=O)CN(CC(=O)OC)CC(=O)OCCCCCCC. The summed E-state index contributed by atoms with van der Waals surface area (Å²) in [5, 5.41) is 0. The second-order valence-electron chi connectivity index (χ2n) is 24.8. The molecular formula is C85H177NO12. The zero-order chi connectivity index (χ0) is 77.4. The maximum absolute atomic E-state index is 12.0. The van der Waals surface area contributed by atoms with Gasteiger partial charge in [0.15, 0.2) is 0 Å². The molecule has 4 atom stereocenters. The van der Waals surface area contributed by atoms with Gasteiger partial charge in [0.25, 0.3) is 0 Å². The van der Waals surface area contributed by atoms with Gasteiger partial charge in [-0.15, -0.1) is 0 Å². The highest BCUT2D eigenvalue weighted by molar-refractivity contribution is 5.78. The number of ketones is 1. The number of Topliss-reactive ketones (excluding diaryl/α,β-unsaturated/α-hetero) is 1. The minimum Gasteiger partial charge on any atom is -0.498 e. The smallest absolute Gasteiger partial charge is 0.320 e. The molecule has 0 aliphatic carbocycles. The highest BCUT2D eigenvalue weighted by atomic mass is 16.5. The lowest BCUT2D eigenvalue weighted by atomic mass is 9.89. The lowest BCUT2D eigenvalue weighted by molar-refractivity contribution is -0.151. The zero-order valence-corrected chi connectivity index (χ0v) is 70.7. The first-order valence-electron chi connectivity index (χ1n) is 40.7. The lowest BCUT2D eigenvalue weighted by Gasteiger charge is -2.22. The molecule has 0 amide bonds. The number of allylic oxidation sites excluding steroid dienone is 3. The normalized spacial score (nSPS) is 11.0. The van der Waals surface area contributed by atoms with Crippen molar-refractivity contribution >= 4 is 36.3 Å². The van der Waals surface area contributed by atoms with Gasteiger partial charge >= 0.3 is 17.9 Å². The van der Waals surface area contributed by atoms with Crippen LogP contribution in [0.1, 0.15) is 396 Å². The highest BCUT2D eigenvalue weighted by Gasteiger charge is 2.20. The molecule has 0 aromatic heterocycles. The zero-order valence-electron chi connectivity index (χ0n) is 70.7. The number of carbonyl (C=O) groups excluding carboxylic acids is 6. The summed E-state index contributed by atoms with van der Waals surface area (Å²) in [5.41, 5.74) is 0. The van der Waals surface area contributed by atoms with E-state index in [4.69, 9.17) is 23.7 Å². The molecule has 13 nitrogen and oxygen atoms in total. The Balaban J connectivity index is -0.000000105. The van der Waals surface area contributed by atoms with Crippen LogP contribution in [0.4, 0.5) is 0 Å². The largest absolute Gasteiger partial charge is 0.498 e. The predicted octanol–water partition coefficient (Wildman–Crippen LogP) is 25.5. The molecule has 98 heavy (non-hydrogen) atoms. The summed E-state index contributed by atoms with van der Waals surface area (Å²) in [4.78, 5) is 65.7. The number of hydrogen-bond acceptors (Lipinski definition) is 13. The second-order valence-corrected chi connectivity index (χ2v) is 24.8. The van der Waals surface area contributed by atoms with Crippen molar-refractivity contribution in [3.63, 3.8) is 0 Å².